The van der Waals surface area contributed by atoms with Crippen LogP contribution in [0.5, 0.6) is 0 Å². The molecule has 0 saturated heterocycles. The van der Waals surface area contributed by atoms with Crippen molar-refractivity contribution in [2.45, 2.75) is 71.9 Å². The summed E-state index contributed by atoms with van der Waals surface area (Å²) >= 11 is 0. The molecular weight excluding hydrogens is 230 g/mol. The van der Waals surface area contributed by atoms with E-state index in [1.54, 1.807) is 0 Å². The molecule has 1 aromatic rings. The molecule has 19 heavy (non-hydrogen) atoms. The molecule has 0 aliphatic heterocycles. The largest absolute Gasteiger partial charge is 0.307 e. The monoisotopic (exact) mass is 259 g/mol. The second-order valence-electron chi connectivity index (χ2n) is 6.39. The summed E-state index contributed by atoms with van der Waals surface area (Å²) in [5.41, 5.74) is 4.25. The van der Waals surface area contributed by atoms with Crippen LogP contribution >= 0.6 is 0 Å². The molecule has 0 bridgehead atoms. The molecule has 3 unspecified atom stereocenters. The van der Waals surface area contributed by atoms with Crippen molar-refractivity contribution in [3.05, 3.63) is 34.9 Å². The highest BCUT2D eigenvalue weighted by Crippen LogP contribution is 2.28. The quantitative estimate of drug-likeness (QED) is 0.809. The van der Waals surface area contributed by atoms with Crippen LogP contribution in [0.15, 0.2) is 18.2 Å². The average Bonchev–Trinajstić information content (AvgIpc) is 2.41. The zero-order chi connectivity index (χ0) is 13.8. The van der Waals surface area contributed by atoms with Gasteiger partial charge in [-0.3, -0.25) is 0 Å². The molecule has 1 N–H and O–H groups in total. The maximum Gasteiger partial charge on any atom is 0.0297 e. The first kappa shape index (κ1) is 14.6. The lowest BCUT2D eigenvalue weighted by atomic mass is 9.83. The number of benzene rings is 1. The van der Waals surface area contributed by atoms with E-state index in [-0.39, 0.29) is 0 Å². The van der Waals surface area contributed by atoms with Gasteiger partial charge in [-0.15, -0.1) is 0 Å². The van der Waals surface area contributed by atoms with E-state index in [1.165, 1.54) is 48.8 Å². The van der Waals surface area contributed by atoms with Crippen molar-refractivity contribution in [3.8, 4) is 0 Å². The van der Waals surface area contributed by atoms with Gasteiger partial charge < -0.3 is 5.32 Å². The molecule has 1 aliphatic carbocycles. The second-order valence-corrected chi connectivity index (χ2v) is 6.39. The summed E-state index contributed by atoms with van der Waals surface area (Å²) in [4.78, 5) is 0. The normalized spacial score (nSPS) is 25.3. The van der Waals surface area contributed by atoms with Gasteiger partial charge in [0.1, 0.15) is 0 Å². The zero-order valence-corrected chi connectivity index (χ0v) is 13.0. The lowest BCUT2D eigenvalue weighted by Crippen LogP contribution is -2.36. The van der Waals surface area contributed by atoms with Gasteiger partial charge in [0.2, 0.25) is 0 Å². The number of rotatable bonds is 4. The highest BCUT2D eigenvalue weighted by Gasteiger charge is 2.22. The molecule has 106 valence electrons. The van der Waals surface area contributed by atoms with E-state index in [2.05, 4.69) is 51.2 Å². The Hall–Kier alpha value is -0.820. The van der Waals surface area contributed by atoms with E-state index in [4.69, 9.17) is 0 Å². The third-order valence-electron chi connectivity index (χ3n) is 4.75. The van der Waals surface area contributed by atoms with Crippen LogP contribution in [0.1, 0.15) is 68.7 Å². The van der Waals surface area contributed by atoms with E-state index < -0.39 is 0 Å². The fourth-order valence-corrected chi connectivity index (χ4v) is 3.48. The molecule has 1 aliphatic rings. The van der Waals surface area contributed by atoms with Crippen molar-refractivity contribution >= 4 is 0 Å². The van der Waals surface area contributed by atoms with Crippen LogP contribution in [-0.4, -0.2) is 6.04 Å². The minimum atomic E-state index is 0.473. The summed E-state index contributed by atoms with van der Waals surface area (Å²) < 4.78 is 0. The van der Waals surface area contributed by atoms with Gasteiger partial charge in [0.15, 0.2) is 0 Å². The van der Waals surface area contributed by atoms with Crippen LogP contribution in [0, 0.1) is 19.8 Å². The highest BCUT2D eigenvalue weighted by atomic mass is 14.9. The lowest BCUT2D eigenvalue weighted by Gasteiger charge is -2.32. The fourth-order valence-electron chi connectivity index (χ4n) is 3.48. The maximum atomic E-state index is 3.87. The Morgan fingerprint density at radius 1 is 1.26 bits per heavy atom. The lowest BCUT2D eigenvalue weighted by molar-refractivity contribution is 0.266. The average molecular weight is 259 g/mol. The SMILES string of the molecule is CCC1CCCC(NC(C)c2cc(C)ccc2C)C1. The van der Waals surface area contributed by atoms with Gasteiger partial charge in [0.25, 0.3) is 0 Å². The first-order valence-corrected chi connectivity index (χ1v) is 7.93. The van der Waals surface area contributed by atoms with E-state index >= 15 is 0 Å². The predicted octanol–water partition coefficient (Wildman–Crippen LogP) is 4.92. The van der Waals surface area contributed by atoms with E-state index in [1.807, 2.05) is 0 Å². The van der Waals surface area contributed by atoms with Gasteiger partial charge in [-0.05, 0) is 50.7 Å². The van der Waals surface area contributed by atoms with Crippen molar-refractivity contribution in [1.29, 1.82) is 0 Å². The van der Waals surface area contributed by atoms with Crippen molar-refractivity contribution in [3.63, 3.8) is 0 Å². The number of hydrogen-bond donors (Lipinski definition) is 1. The highest BCUT2D eigenvalue weighted by molar-refractivity contribution is 5.32. The Balaban J connectivity index is 2.00. The van der Waals surface area contributed by atoms with Crippen LogP contribution in [-0.2, 0) is 0 Å². The molecule has 1 aromatic carbocycles. The topological polar surface area (TPSA) is 12.0 Å². The smallest absolute Gasteiger partial charge is 0.0297 e. The molecule has 0 amide bonds. The van der Waals surface area contributed by atoms with Gasteiger partial charge in [-0.1, -0.05) is 49.9 Å². The number of aryl methyl sites for hydroxylation is 2. The standard InChI is InChI=1S/C18H29N/c1-5-16-7-6-8-17(12-16)19-15(4)18-11-13(2)9-10-14(18)3/h9-11,15-17,19H,5-8,12H2,1-4H3. The summed E-state index contributed by atoms with van der Waals surface area (Å²) in [5, 5.41) is 3.87. The molecule has 2 rings (SSSR count). The first-order valence-electron chi connectivity index (χ1n) is 7.93. The predicted molar refractivity (Wildman–Crippen MR) is 83.5 cm³/mol. The third-order valence-corrected chi connectivity index (χ3v) is 4.75. The van der Waals surface area contributed by atoms with Gasteiger partial charge in [-0.25, -0.2) is 0 Å². The van der Waals surface area contributed by atoms with E-state index in [0.717, 1.165) is 5.92 Å². The minimum absolute atomic E-state index is 0.473. The Morgan fingerprint density at radius 2 is 2.05 bits per heavy atom. The van der Waals surface area contributed by atoms with Gasteiger partial charge in [0.05, 0.1) is 0 Å². The van der Waals surface area contributed by atoms with Crippen LogP contribution in [0.3, 0.4) is 0 Å². The molecule has 1 heteroatoms. The summed E-state index contributed by atoms with van der Waals surface area (Å²) in [6.45, 7) is 9.06. The Bertz CT molecular complexity index is 410. The summed E-state index contributed by atoms with van der Waals surface area (Å²) in [5.74, 6) is 0.942. The second kappa shape index (κ2) is 6.56. The van der Waals surface area contributed by atoms with Gasteiger partial charge >= 0.3 is 0 Å². The summed E-state index contributed by atoms with van der Waals surface area (Å²) in [6.07, 6.45) is 6.90. The molecule has 3 atom stereocenters. The van der Waals surface area contributed by atoms with Crippen molar-refractivity contribution in [2.75, 3.05) is 0 Å². The Kier molecular flexibility index (Phi) is 5.04. The van der Waals surface area contributed by atoms with Gasteiger partial charge in [-0.2, -0.15) is 0 Å². The summed E-state index contributed by atoms with van der Waals surface area (Å²) in [6, 6.07) is 7.99. The number of nitrogens with one attached hydrogen (secondary N) is 1. The molecular formula is C18H29N. The molecule has 0 radical (unpaired) electrons. The molecule has 0 spiro atoms. The van der Waals surface area contributed by atoms with Crippen LogP contribution in [0.2, 0.25) is 0 Å². The Labute approximate surface area is 118 Å². The Morgan fingerprint density at radius 3 is 2.79 bits per heavy atom. The molecule has 0 aromatic heterocycles. The number of hydrogen-bond acceptors (Lipinski definition) is 1. The van der Waals surface area contributed by atoms with Crippen molar-refractivity contribution in [2.24, 2.45) is 5.92 Å². The molecule has 1 nitrogen and oxygen atoms in total. The zero-order valence-electron chi connectivity index (χ0n) is 13.0. The fraction of sp³-hybridized carbons (Fsp3) is 0.667. The van der Waals surface area contributed by atoms with Crippen LogP contribution in [0.25, 0.3) is 0 Å². The minimum Gasteiger partial charge on any atom is -0.307 e. The van der Waals surface area contributed by atoms with Crippen LogP contribution in [0.4, 0.5) is 0 Å². The van der Waals surface area contributed by atoms with Gasteiger partial charge in [0, 0.05) is 12.1 Å². The van der Waals surface area contributed by atoms with E-state index in [9.17, 15) is 0 Å². The van der Waals surface area contributed by atoms with Crippen molar-refractivity contribution in [1.82, 2.24) is 5.32 Å². The van der Waals surface area contributed by atoms with Crippen molar-refractivity contribution < 1.29 is 0 Å². The van der Waals surface area contributed by atoms with E-state index in [0.29, 0.717) is 12.1 Å². The van der Waals surface area contributed by atoms with Crippen LogP contribution < -0.4 is 5.32 Å². The third kappa shape index (κ3) is 3.82. The molecule has 1 fully saturated rings. The molecule has 0 heterocycles. The maximum absolute atomic E-state index is 3.87. The first-order chi connectivity index (χ1) is 9.10. The molecule has 1 saturated carbocycles. The summed E-state index contributed by atoms with van der Waals surface area (Å²) in [7, 11) is 0.